The van der Waals surface area contributed by atoms with Crippen molar-refractivity contribution in [2.24, 2.45) is 10.2 Å². The van der Waals surface area contributed by atoms with Crippen LogP contribution in [0.1, 0.15) is 203 Å². The normalized spacial score (nSPS) is 14.7. The van der Waals surface area contributed by atoms with Crippen molar-refractivity contribution in [3.8, 4) is 5.75 Å². The number of benzene rings is 10. The predicted molar refractivity (Wildman–Crippen MR) is 457 cm³/mol. The number of hydrogen-bond donors (Lipinski definition) is 1. The first-order valence-electron chi connectivity index (χ1n) is 38.8. The lowest BCUT2D eigenvalue weighted by Gasteiger charge is -2.26. The molecule has 2 unspecified atom stereocenters. The minimum atomic E-state index is -1.12. The second kappa shape index (κ2) is 36.8. The largest absolute Gasteiger partial charge is 0.497 e. The third-order valence-corrected chi connectivity index (χ3v) is 21.0. The number of ketones is 4. The highest BCUT2D eigenvalue weighted by Gasteiger charge is 2.34. The van der Waals surface area contributed by atoms with Gasteiger partial charge in [0.05, 0.1) is 47.6 Å². The number of aromatic carboxylic acids is 1. The van der Waals surface area contributed by atoms with Gasteiger partial charge in [0.1, 0.15) is 5.75 Å². The van der Waals surface area contributed by atoms with Crippen LogP contribution in [0, 0.1) is 0 Å². The van der Waals surface area contributed by atoms with Crippen LogP contribution in [0.3, 0.4) is 0 Å². The molecule has 0 aromatic heterocycles. The number of hydrogen-bond acceptors (Lipinski definition) is 14. The van der Waals surface area contributed by atoms with E-state index in [9.17, 15) is 24.0 Å². The number of rotatable bonds is 22. The topological polar surface area (TPSA) is 159 Å². The Balaban J connectivity index is 0.000000152. The van der Waals surface area contributed by atoms with Gasteiger partial charge in [-0.25, -0.2) is 4.79 Å². The highest BCUT2D eigenvalue weighted by atomic mass is 16.5. The van der Waals surface area contributed by atoms with Gasteiger partial charge in [0.25, 0.3) is 0 Å². The van der Waals surface area contributed by atoms with Crippen molar-refractivity contribution in [2.45, 2.75) is 107 Å². The molecule has 4 aliphatic rings. The minimum Gasteiger partial charge on any atom is -0.497 e. The summed E-state index contributed by atoms with van der Waals surface area (Å²) in [7, 11) is 1.70. The Morgan fingerprint density at radius 1 is 0.396 bits per heavy atom. The van der Waals surface area contributed by atoms with E-state index in [1.54, 1.807) is 61.7 Å². The smallest absolute Gasteiger partial charge is 0.335 e. The van der Waals surface area contributed by atoms with Crippen molar-refractivity contribution in [3.05, 3.63) is 327 Å². The van der Waals surface area contributed by atoms with Crippen LogP contribution >= 0.6 is 0 Å². The van der Waals surface area contributed by atoms with Gasteiger partial charge in [0, 0.05) is 132 Å². The van der Waals surface area contributed by atoms with Gasteiger partial charge in [0.15, 0.2) is 23.1 Å². The van der Waals surface area contributed by atoms with Crippen LogP contribution in [-0.4, -0.2) is 105 Å². The van der Waals surface area contributed by atoms with E-state index in [-0.39, 0.29) is 57.3 Å². The third-order valence-electron chi connectivity index (χ3n) is 21.0. The molecule has 0 saturated carbocycles. The Morgan fingerprint density at radius 3 is 1.07 bits per heavy atom. The summed E-state index contributed by atoms with van der Waals surface area (Å²) in [4.78, 5) is 70.0. The predicted octanol–water partition coefficient (Wildman–Crippen LogP) is 20.7. The van der Waals surface area contributed by atoms with Gasteiger partial charge in [-0.1, -0.05) is 154 Å². The summed E-state index contributed by atoms with van der Waals surface area (Å²) < 4.78 is 5.37. The molecule has 1 N–H and O–H groups in total. The molecule has 15 heteroatoms. The van der Waals surface area contributed by atoms with Crippen LogP contribution in [0.15, 0.2) is 259 Å². The van der Waals surface area contributed by atoms with Crippen LogP contribution in [0.2, 0.25) is 0 Å². The molecule has 15 nitrogen and oxygen atoms in total. The number of hydrazone groups is 2. The number of methoxy groups -OCH3 is 1. The van der Waals surface area contributed by atoms with E-state index in [2.05, 4.69) is 270 Å². The number of carboxylic acids is 1. The number of nitrogens with zero attached hydrogens (tertiary/aromatic N) is 8. The second-order valence-electron chi connectivity index (χ2n) is 28.6. The van der Waals surface area contributed by atoms with Gasteiger partial charge in [-0.15, -0.1) is 0 Å². The first-order chi connectivity index (χ1) is 53.7. The van der Waals surface area contributed by atoms with E-state index in [0.717, 1.165) is 99.3 Å². The summed E-state index contributed by atoms with van der Waals surface area (Å²) in [5.41, 5.74) is 18.5. The molecular formula is C96H102N8O7. The average Bonchev–Trinajstić information content (AvgIpc) is 1.51. The lowest BCUT2D eigenvalue weighted by molar-refractivity contribution is 0.0696. The number of carbonyl (C=O) groups is 5. The summed E-state index contributed by atoms with van der Waals surface area (Å²) in [6.45, 7) is 32.0. The lowest BCUT2D eigenvalue weighted by atomic mass is 9.79. The number of fused-ring (bicyclic) bond motifs is 4. The van der Waals surface area contributed by atoms with Crippen molar-refractivity contribution in [3.63, 3.8) is 0 Å². The summed E-state index contributed by atoms with van der Waals surface area (Å²) in [5.74, 6) is -0.949. The molecule has 0 radical (unpaired) electrons. The molecule has 2 heterocycles. The first-order valence-corrected chi connectivity index (χ1v) is 38.8. The molecule has 2 aliphatic carbocycles. The highest BCUT2D eigenvalue weighted by molar-refractivity contribution is 6.29. The number of anilines is 6. The van der Waals surface area contributed by atoms with Crippen LogP contribution in [0.25, 0.3) is 12.2 Å². The maximum Gasteiger partial charge on any atom is 0.335 e. The van der Waals surface area contributed by atoms with Crippen molar-refractivity contribution in [1.82, 2.24) is 0 Å². The standard InChI is InChI=1S/C32H40N4O.C31H38N4.C18H16O2.C15H8O4/c1-6-34(7-2)28-16-11-25(12-17-28)10-15-27-24-32(26-13-18-29(19-14-26)35(8-3)9-4)36(33-27)30-20-22-31(37-5)23-21-30;1-5-33(6-2)28-20-15-25(16-21-28)14-19-27-24-31(35(32-27)30-12-10-9-11-13-30)26-17-22-29(23-18-26)34(7-3)8-4;1-18(2,3)11-8-9-14-15(10-11)17(20)13-7-5-4-6-12(13)16(14)19;16-13-9-3-1-2-4-10(9)14(17)12-7-8(15(18)19)5-6-11(12)13/h10-23,32H,6-9,24H2,1-5H3;9-23,31H,5-8,24H2,1-4H3;4-10H,1-3H3;1-7H,(H,18,19)/b15-10+;19-14+;;. The van der Waals surface area contributed by atoms with Crippen molar-refractivity contribution >= 4 is 86.8 Å². The lowest BCUT2D eigenvalue weighted by Crippen LogP contribution is -2.22. The van der Waals surface area contributed by atoms with E-state index < -0.39 is 5.97 Å². The van der Waals surface area contributed by atoms with Crippen molar-refractivity contribution in [1.29, 1.82) is 0 Å². The molecule has 0 bridgehead atoms. The summed E-state index contributed by atoms with van der Waals surface area (Å²) in [6.07, 6.45) is 10.4. The molecule has 0 fully saturated rings. The SMILES string of the molecule is CC(C)(C)c1ccc2c(c1)C(=O)c1ccccc1C2=O.CCN(CC)c1ccc(/C=C/C2=NN(c3ccc(OC)cc3)C(c3ccc(N(CC)CC)cc3)C2)cc1.CCN(CC)c1ccc(/C=C/C2=NN(c3ccccc3)C(c3ccc(N(CC)CC)cc3)C2)cc1.O=C(O)c1ccc2c(c1)C(=O)c1ccccc1C2=O. The zero-order valence-electron chi connectivity index (χ0n) is 66.0. The summed E-state index contributed by atoms with van der Waals surface area (Å²) in [6, 6.07) is 77.7. The van der Waals surface area contributed by atoms with Gasteiger partial charge in [-0.2, -0.15) is 10.2 Å². The molecule has 0 amide bonds. The van der Waals surface area contributed by atoms with Crippen LogP contribution < -0.4 is 34.4 Å². The zero-order chi connectivity index (χ0) is 78.9. The van der Waals surface area contributed by atoms with Gasteiger partial charge in [0.2, 0.25) is 0 Å². The van der Waals surface area contributed by atoms with Crippen LogP contribution in [0.4, 0.5) is 34.1 Å². The molecule has 14 rings (SSSR count). The number of para-hydroxylation sites is 1. The van der Waals surface area contributed by atoms with Gasteiger partial charge < -0.3 is 29.4 Å². The molecule has 10 aromatic rings. The number of carboxylic acid groups (broad SMARTS) is 1. The van der Waals surface area contributed by atoms with Crippen molar-refractivity contribution < 1.29 is 33.8 Å². The molecule has 2 atom stereocenters. The Labute approximate surface area is 655 Å². The Bertz CT molecular complexity index is 5030. The number of carbonyl (C=O) groups excluding carboxylic acids is 4. The number of allylic oxidation sites excluding steroid dienone is 2. The Hall–Kier alpha value is -12.2. The average molecular weight is 1480 g/mol. The third kappa shape index (κ3) is 18.6. The van der Waals surface area contributed by atoms with Crippen LogP contribution in [0.5, 0.6) is 5.75 Å². The Morgan fingerprint density at radius 2 is 0.721 bits per heavy atom. The monoisotopic (exact) mass is 1480 g/mol. The zero-order valence-corrected chi connectivity index (χ0v) is 66.0. The molecule has 111 heavy (non-hydrogen) atoms. The maximum atomic E-state index is 12.6. The quantitative estimate of drug-likeness (QED) is 0.0684. The van der Waals surface area contributed by atoms with Crippen LogP contribution in [-0.2, 0) is 5.41 Å². The molecular weight excluding hydrogens is 1380 g/mol. The molecule has 568 valence electrons. The molecule has 10 aromatic carbocycles. The van der Waals surface area contributed by atoms with Crippen molar-refractivity contribution in [2.75, 3.05) is 89.1 Å². The fourth-order valence-electron chi connectivity index (χ4n) is 14.5. The molecule has 0 saturated heterocycles. The fraction of sp³-hybridized carbons (Fsp3) is 0.260. The Kier molecular flexibility index (Phi) is 26.4. The summed E-state index contributed by atoms with van der Waals surface area (Å²) >= 11 is 0. The highest BCUT2D eigenvalue weighted by Crippen LogP contribution is 2.40. The second-order valence-corrected chi connectivity index (χ2v) is 28.6. The van der Waals surface area contributed by atoms with Gasteiger partial charge in [-0.05, 0) is 216 Å². The van der Waals surface area contributed by atoms with E-state index in [0.29, 0.717) is 33.4 Å². The van der Waals surface area contributed by atoms with Gasteiger partial charge in [-0.3, -0.25) is 29.2 Å². The van der Waals surface area contributed by atoms with E-state index in [1.807, 2.05) is 24.3 Å². The van der Waals surface area contributed by atoms with E-state index in [1.165, 1.54) is 63.2 Å². The number of ether oxygens (including phenoxy) is 1. The summed E-state index contributed by atoms with van der Waals surface area (Å²) in [5, 5.41) is 23.4. The fourth-order valence-corrected chi connectivity index (χ4v) is 14.5. The minimum absolute atomic E-state index is 0.000666. The maximum absolute atomic E-state index is 12.6. The molecule has 2 aliphatic heterocycles. The first kappa shape index (κ1) is 79.8. The van der Waals surface area contributed by atoms with E-state index >= 15 is 0 Å². The molecule has 0 spiro atoms. The van der Waals surface area contributed by atoms with E-state index in [4.69, 9.17) is 20.0 Å². The van der Waals surface area contributed by atoms with Gasteiger partial charge >= 0.3 is 5.97 Å².